The predicted molar refractivity (Wildman–Crippen MR) is 83.0 cm³/mol. The Bertz CT molecular complexity index is 560. The van der Waals surface area contributed by atoms with E-state index in [0.29, 0.717) is 10.0 Å². The maximum atomic E-state index is 10.3. The van der Waals surface area contributed by atoms with Crippen molar-refractivity contribution < 1.29 is 10.4 Å². The number of halogens is 2. The molecule has 0 bridgehead atoms. The van der Waals surface area contributed by atoms with Crippen LogP contribution in [0.5, 0.6) is 0 Å². The molecule has 0 saturated heterocycles. The monoisotopic (exact) mass is 310 g/mol. The van der Waals surface area contributed by atoms with E-state index in [1.807, 2.05) is 49.4 Å². The van der Waals surface area contributed by atoms with Gasteiger partial charge in [-0.3, -0.25) is 0 Å². The van der Waals surface area contributed by atoms with Crippen LogP contribution in [-0.4, -0.2) is 11.1 Å². The van der Waals surface area contributed by atoms with Crippen molar-refractivity contribution in [1.82, 2.24) is 0 Å². The zero-order chi connectivity index (χ0) is 14.5. The maximum absolute atomic E-state index is 10.3. The third-order valence-electron chi connectivity index (χ3n) is 3.35. The Morgan fingerprint density at radius 3 is 2.40 bits per heavy atom. The lowest BCUT2D eigenvalue weighted by atomic mass is 10.0. The van der Waals surface area contributed by atoms with Crippen LogP contribution < -0.4 is 5.32 Å². The Morgan fingerprint density at radius 2 is 1.75 bits per heavy atom. The largest absolute Gasteiger partial charge is 0.382 e. The van der Waals surface area contributed by atoms with Crippen LogP contribution in [0.3, 0.4) is 0 Å². The highest BCUT2D eigenvalue weighted by Gasteiger charge is 2.18. The summed E-state index contributed by atoms with van der Waals surface area (Å²) in [4.78, 5) is 0. The molecule has 2 nitrogen and oxygen atoms in total. The van der Waals surface area contributed by atoms with E-state index in [1.165, 1.54) is 0 Å². The molecular weight excluding hydrogens is 293 g/mol. The van der Waals surface area contributed by atoms with E-state index in [9.17, 15) is 5.11 Å². The average Bonchev–Trinajstić information content (AvgIpc) is 2.48. The molecule has 0 spiro atoms. The zero-order valence-corrected chi connectivity index (χ0v) is 12.8. The molecule has 0 unspecified atom stereocenters. The quantitative estimate of drug-likeness (QED) is 0.874. The van der Waals surface area contributed by atoms with Crippen LogP contribution in [0.25, 0.3) is 0 Å². The fraction of sp³-hybridized carbons (Fsp3) is 0.250. The summed E-state index contributed by atoms with van der Waals surface area (Å²) in [6.45, 7) is 2.76. The standard InChI is InChI=1S/C16H17Cl2NO/c1-11(16(20)13-5-3-2-4-6-13)19-10-12-7-8-14(17)15(18)9-12/h2-9,11,16,19-20H,10H2,1H3/p+1/t11-,16-/m1/s1. The second-order valence-electron chi connectivity index (χ2n) is 4.90. The second-order valence-corrected chi connectivity index (χ2v) is 5.72. The highest BCUT2D eigenvalue weighted by molar-refractivity contribution is 6.42. The fourth-order valence-electron chi connectivity index (χ4n) is 2.07. The van der Waals surface area contributed by atoms with Gasteiger partial charge in [0.1, 0.15) is 18.7 Å². The fourth-order valence-corrected chi connectivity index (χ4v) is 2.39. The summed E-state index contributed by atoms with van der Waals surface area (Å²) in [7, 11) is 0. The summed E-state index contributed by atoms with van der Waals surface area (Å²) in [5, 5.41) is 13.5. The van der Waals surface area contributed by atoms with Gasteiger partial charge in [-0.05, 0) is 24.6 Å². The van der Waals surface area contributed by atoms with Crippen molar-refractivity contribution in [2.45, 2.75) is 25.6 Å². The lowest BCUT2D eigenvalue weighted by Crippen LogP contribution is -2.88. The van der Waals surface area contributed by atoms with E-state index in [2.05, 4.69) is 5.32 Å². The molecule has 0 fully saturated rings. The SMILES string of the molecule is C[C@@H]([NH2+]Cc1ccc(Cl)c(Cl)c1)[C@@H](O)c1ccccc1. The van der Waals surface area contributed by atoms with Crippen molar-refractivity contribution in [2.24, 2.45) is 0 Å². The summed E-state index contributed by atoms with van der Waals surface area (Å²) in [6, 6.07) is 15.4. The van der Waals surface area contributed by atoms with Gasteiger partial charge in [0.2, 0.25) is 0 Å². The molecule has 0 aliphatic heterocycles. The minimum Gasteiger partial charge on any atom is -0.382 e. The summed E-state index contributed by atoms with van der Waals surface area (Å²) in [5.74, 6) is 0. The first kappa shape index (κ1) is 15.3. The first-order chi connectivity index (χ1) is 9.58. The molecule has 2 atom stereocenters. The Labute approximate surface area is 129 Å². The van der Waals surface area contributed by atoms with Gasteiger partial charge in [-0.2, -0.15) is 0 Å². The Morgan fingerprint density at radius 1 is 1.05 bits per heavy atom. The molecule has 0 aromatic heterocycles. The minimum absolute atomic E-state index is 0.0619. The molecular formula is C16H18Cl2NO+. The van der Waals surface area contributed by atoms with Gasteiger partial charge in [0.15, 0.2) is 0 Å². The molecule has 4 heteroatoms. The first-order valence-electron chi connectivity index (χ1n) is 6.58. The van der Waals surface area contributed by atoms with Gasteiger partial charge in [0, 0.05) is 5.56 Å². The Kier molecular flexibility index (Phi) is 5.44. The molecule has 20 heavy (non-hydrogen) atoms. The smallest absolute Gasteiger partial charge is 0.130 e. The molecule has 3 N–H and O–H groups in total. The Hall–Kier alpha value is -1.06. The third-order valence-corrected chi connectivity index (χ3v) is 4.09. The van der Waals surface area contributed by atoms with Gasteiger partial charge in [-0.25, -0.2) is 0 Å². The first-order valence-corrected chi connectivity index (χ1v) is 7.34. The molecule has 0 heterocycles. The number of aliphatic hydroxyl groups is 1. The normalized spacial score (nSPS) is 14.0. The average molecular weight is 311 g/mol. The number of nitrogens with two attached hydrogens (primary N) is 1. The summed E-state index contributed by atoms with van der Waals surface area (Å²) < 4.78 is 0. The van der Waals surface area contributed by atoms with E-state index < -0.39 is 6.10 Å². The van der Waals surface area contributed by atoms with Gasteiger partial charge in [-0.15, -0.1) is 0 Å². The molecule has 0 saturated carbocycles. The number of aliphatic hydroxyl groups excluding tert-OH is 1. The van der Waals surface area contributed by atoms with E-state index >= 15 is 0 Å². The lowest BCUT2D eigenvalue weighted by molar-refractivity contribution is -0.709. The van der Waals surface area contributed by atoms with Crippen molar-refractivity contribution in [2.75, 3.05) is 0 Å². The van der Waals surface area contributed by atoms with E-state index in [4.69, 9.17) is 23.2 Å². The van der Waals surface area contributed by atoms with E-state index in [1.54, 1.807) is 6.07 Å². The molecule has 0 aliphatic carbocycles. The summed E-state index contributed by atoms with van der Waals surface area (Å²) in [5.41, 5.74) is 2.02. The van der Waals surface area contributed by atoms with Crippen LogP contribution in [-0.2, 0) is 6.54 Å². The third kappa shape index (κ3) is 3.97. The number of benzene rings is 2. The van der Waals surface area contributed by atoms with Crippen molar-refractivity contribution in [3.8, 4) is 0 Å². The predicted octanol–water partition coefficient (Wildman–Crippen LogP) is 3.18. The Balaban J connectivity index is 1.94. The van der Waals surface area contributed by atoms with Gasteiger partial charge in [0.05, 0.1) is 10.0 Å². The maximum Gasteiger partial charge on any atom is 0.130 e. The molecule has 0 amide bonds. The van der Waals surface area contributed by atoms with Gasteiger partial charge in [0.25, 0.3) is 0 Å². The summed E-state index contributed by atoms with van der Waals surface area (Å²) in [6.07, 6.45) is -0.487. The van der Waals surface area contributed by atoms with Crippen molar-refractivity contribution in [1.29, 1.82) is 0 Å². The van der Waals surface area contributed by atoms with Crippen molar-refractivity contribution in [3.05, 3.63) is 69.7 Å². The molecule has 2 aromatic carbocycles. The van der Waals surface area contributed by atoms with Crippen LogP contribution in [0, 0.1) is 0 Å². The molecule has 0 radical (unpaired) electrons. The van der Waals surface area contributed by atoms with Crippen LogP contribution >= 0.6 is 23.2 Å². The molecule has 106 valence electrons. The molecule has 2 rings (SSSR count). The zero-order valence-electron chi connectivity index (χ0n) is 11.3. The summed E-state index contributed by atoms with van der Waals surface area (Å²) >= 11 is 11.9. The van der Waals surface area contributed by atoms with Gasteiger partial charge >= 0.3 is 0 Å². The van der Waals surface area contributed by atoms with Crippen LogP contribution in [0.2, 0.25) is 10.0 Å². The van der Waals surface area contributed by atoms with Crippen molar-refractivity contribution >= 4 is 23.2 Å². The van der Waals surface area contributed by atoms with E-state index in [-0.39, 0.29) is 6.04 Å². The van der Waals surface area contributed by atoms with Crippen LogP contribution in [0.4, 0.5) is 0 Å². The highest BCUT2D eigenvalue weighted by Crippen LogP contribution is 2.22. The number of rotatable bonds is 5. The number of quaternary nitrogens is 1. The highest BCUT2D eigenvalue weighted by atomic mass is 35.5. The minimum atomic E-state index is -0.487. The van der Waals surface area contributed by atoms with Crippen LogP contribution in [0.1, 0.15) is 24.2 Å². The topological polar surface area (TPSA) is 36.8 Å². The van der Waals surface area contributed by atoms with Gasteiger partial charge in [-0.1, -0.05) is 59.6 Å². The lowest BCUT2D eigenvalue weighted by Gasteiger charge is -2.18. The van der Waals surface area contributed by atoms with Gasteiger partial charge < -0.3 is 10.4 Å². The molecule has 0 aliphatic rings. The molecule has 2 aromatic rings. The van der Waals surface area contributed by atoms with Crippen LogP contribution in [0.15, 0.2) is 48.5 Å². The number of hydrogen-bond acceptors (Lipinski definition) is 1. The number of hydrogen-bond donors (Lipinski definition) is 2. The second kappa shape index (κ2) is 7.09. The van der Waals surface area contributed by atoms with E-state index in [0.717, 1.165) is 17.7 Å². The van der Waals surface area contributed by atoms with Crippen molar-refractivity contribution in [3.63, 3.8) is 0 Å².